The third-order valence-electron chi connectivity index (χ3n) is 5.78. The first-order valence-corrected chi connectivity index (χ1v) is 11.8. The van der Waals surface area contributed by atoms with E-state index >= 15 is 0 Å². The summed E-state index contributed by atoms with van der Waals surface area (Å²) in [4.78, 5) is 10.8. The van der Waals surface area contributed by atoms with Crippen molar-refractivity contribution in [3.63, 3.8) is 0 Å². The number of likely N-dealkylation sites (N-methyl/N-ethyl adjacent to an activating group) is 1. The molecule has 180 valence electrons. The molecule has 0 atom stereocenters. The Morgan fingerprint density at radius 1 is 1.06 bits per heavy atom. The van der Waals surface area contributed by atoms with Crippen LogP contribution in [0.3, 0.4) is 0 Å². The number of fused-ring (bicyclic) bond motifs is 1. The molecule has 9 nitrogen and oxygen atoms in total. The summed E-state index contributed by atoms with van der Waals surface area (Å²) in [6.07, 6.45) is -4.50. The van der Waals surface area contributed by atoms with Gasteiger partial charge in [-0.1, -0.05) is 0 Å². The monoisotopic (exact) mass is 485 g/mol. The first-order chi connectivity index (χ1) is 15.4. The summed E-state index contributed by atoms with van der Waals surface area (Å²) in [5, 5.41) is 3.05. The van der Waals surface area contributed by atoms with Crippen molar-refractivity contribution in [3.05, 3.63) is 46.4 Å². The lowest BCUT2D eigenvalue weighted by molar-refractivity contribution is -0.137. The van der Waals surface area contributed by atoms with Gasteiger partial charge in [-0.25, -0.2) is 9.97 Å². The summed E-state index contributed by atoms with van der Waals surface area (Å²) in [6.45, 7) is 4.10. The van der Waals surface area contributed by atoms with E-state index < -0.39 is 21.9 Å². The minimum atomic E-state index is -4.50. The quantitative estimate of drug-likeness (QED) is 0.622. The first-order valence-electron chi connectivity index (χ1n) is 10.4. The second kappa shape index (κ2) is 8.70. The van der Waals surface area contributed by atoms with Gasteiger partial charge in [0.05, 0.1) is 17.8 Å². The van der Waals surface area contributed by atoms with Crippen LogP contribution in [0.25, 0.3) is 0 Å². The van der Waals surface area contributed by atoms with Crippen LogP contribution in [-0.4, -0.2) is 65.1 Å². The molecule has 0 spiro atoms. The maximum absolute atomic E-state index is 13.2. The number of hydrogen-bond donors (Lipinski definition) is 2. The summed E-state index contributed by atoms with van der Waals surface area (Å²) < 4.78 is 68.5. The number of piperazine rings is 1. The molecular formula is C20H26F3N7O2S. The molecule has 13 heteroatoms. The van der Waals surface area contributed by atoms with Crippen LogP contribution in [0.5, 0.6) is 0 Å². The number of hydrogen-bond acceptors (Lipinski definition) is 7. The van der Waals surface area contributed by atoms with E-state index in [0.29, 0.717) is 54.6 Å². The lowest BCUT2D eigenvalue weighted by Gasteiger charge is -2.33. The van der Waals surface area contributed by atoms with Gasteiger partial charge in [0, 0.05) is 50.5 Å². The number of halogens is 3. The van der Waals surface area contributed by atoms with Gasteiger partial charge in [-0.15, -0.1) is 0 Å². The van der Waals surface area contributed by atoms with E-state index in [-0.39, 0.29) is 25.3 Å². The van der Waals surface area contributed by atoms with E-state index in [0.717, 1.165) is 12.1 Å². The maximum atomic E-state index is 13.2. The Morgan fingerprint density at radius 2 is 1.76 bits per heavy atom. The second-order valence-electron chi connectivity index (χ2n) is 8.34. The number of nitrogens with one attached hydrogen (secondary N) is 1. The Hall–Kier alpha value is -2.48. The Morgan fingerprint density at radius 3 is 2.42 bits per heavy atom. The molecule has 2 aromatic rings. The van der Waals surface area contributed by atoms with Crippen LogP contribution in [-0.2, 0) is 36.0 Å². The van der Waals surface area contributed by atoms with Crippen molar-refractivity contribution >= 4 is 21.7 Å². The first kappa shape index (κ1) is 23.7. The van der Waals surface area contributed by atoms with Crippen LogP contribution in [0.2, 0.25) is 0 Å². The highest BCUT2D eigenvalue weighted by Crippen LogP contribution is 2.33. The van der Waals surface area contributed by atoms with E-state index in [1.165, 1.54) is 14.7 Å². The van der Waals surface area contributed by atoms with Gasteiger partial charge in [-0.05, 0) is 37.7 Å². The van der Waals surface area contributed by atoms with E-state index in [1.807, 2.05) is 7.05 Å². The van der Waals surface area contributed by atoms with Gasteiger partial charge in [0.15, 0.2) is 0 Å². The van der Waals surface area contributed by atoms with Crippen molar-refractivity contribution < 1.29 is 21.6 Å². The molecule has 0 unspecified atom stereocenters. The van der Waals surface area contributed by atoms with Gasteiger partial charge in [0.1, 0.15) is 11.6 Å². The van der Waals surface area contributed by atoms with Crippen LogP contribution in [0, 0.1) is 6.92 Å². The molecule has 3 heterocycles. The third-order valence-corrected chi connectivity index (χ3v) is 7.71. The molecule has 1 aromatic heterocycles. The molecule has 0 aliphatic carbocycles. The Kier molecular flexibility index (Phi) is 6.24. The molecule has 2 aliphatic rings. The van der Waals surface area contributed by atoms with Crippen LogP contribution in [0.1, 0.15) is 28.2 Å². The average Bonchev–Trinajstić information content (AvgIpc) is 3.16. The fourth-order valence-electron chi connectivity index (χ4n) is 4.01. The second-order valence-corrected chi connectivity index (χ2v) is 10.3. The summed E-state index contributed by atoms with van der Waals surface area (Å²) in [6, 6.07) is 3.37. The molecule has 0 saturated carbocycles. The SMILES string of the molecule is Cc1nc2c(c(NCc3cc(N)cc(C(F)(F)F)c3)n1)CN(S(=O)(=O)N1CCN(C)CC1)C2. The van der Waals surface area contributed by atoms with Crippen molar-refractivity contribution in [2.24, 2.45) is 0 Å². The van der Waals surface area contributed by atoms with Gasteiger partial charge in [-0.2, -0.15) is 30.2 Å². The van der Waals surface area contributed by atoms with Gasteiger partial charge < -0.3 is 16.0 Å². The zero-order chi connectivity index (χ0) is 24.0. The number of benzene rings is 1. The minimum absolute atomic E-state index is 0.00941. The maximum Gasteiger partial charge on any atom is 0.416 e. The van der Waals surface area contributed by atoms with Crippen LogP contribution >= 0.6 is 0 Å². The molecule has 3 N–H and O–H groups in total. The largest absolute Gasteiger partial charge is 0.416 e. The zero-order valence-electron chi connectivity index (χ0n) is 18.4. The number of alkyl halides is 3. The number of aromatic nitrogens is 2. The van der Waals surface area contributed by atoms with Crippen molar-refractivity contribution in [1.29, 1.82) is 0 Å². The normalized spacial score (nSPS) is 18.5. The van der Waals surface area contributed by atoms with E-state index in [9.17, 15) is 21.6 Å². The van der Waals surface area contributed by atoms with Crippen LogP contribution in [0.15, 0.2) is 18.2 Å². The Bertz CT molecular complexity index is 1150. The van der Waals surface area contributed by atoms with Crippen molar-refractivity contribution in [3.8, 4) is 0 Å². The predicted molar refractivity (Wildman–Crippen MR) is 117 cm³/mol. The number of aryl methyl sites for hydroxylation is 1. The average molecular weight is 486 g/mol. The highest BCUT2D eigenvalue weighted by molar-refractivity contribution is 7.86. The third kappa shape index (κ3) is 5.05. The zero-order valence-corrected chi connectivity index (χ0v) is 19.2. The molecule has 0 radical (unpaired) electrons. The molecule has 1 aromatic carbocycles. The molecular weight excluding hydrogens is 459 g/mol. The van der Waals surface area contributed by atoms with Crippen molar-refractivity contribution in [2.75, 3.05) is 44.3 Å². The number of anilines is 2. The highest BCUT2D eigenvalue weighted by Gasteiger charge is 2.37. The van der Waals surface area contributed by atoms with Crippen molar-refractivity contribution in [2.45, 2.75) is 32.7 Å². The van der Waals surface area contributed by atoms with E-state index in [1.54, 1.807) is 6.92 Å². The number of nitrogens with zero attached hydrogens (tertiary/aromatic N) is 5. The molecule has 2 aliphatic heterocycles. The van der Waals surface area contributed by atoms with Gasteiger partial charge in [0.25, 0.3) is 10.2 Å². The summed E-state index contributed by atoms with van der Waals surface area (Å²) in [7, 11) is -1.73. The summed E-state index contributed by atoms with van der Waals surface area (Å²) >= 11 is 0. The molecule has 1 fully saturated rings. The van der Waals surface area contributed by atoms with Crippen LogP contribution in [0.4, 0.5) is 24.7 Å². The molecule has 4 rings (SSSR count). The van der Waals surface area contributed by atoms with E-state index in [2.05, 4.69) is 20.2 Å². The minimum Gasteiger partial charge on any atom is -0.399 e. The Labute approximate surface area is 190 Å². The lowest BCUT2D eigenvalue weighted by Crippen LogP contribution is -2.51. The lowest BCUT2D eigenvalue weighted by atomic mass is 10.1. The van der Waals surface area contributed by atoms with Gasteiger partial charge in [0.2, 0.25) is 0 Å². The fraction of sp³-hybridized carbons (Fsp3) is 0.500. The molecule has 0 bridgehead atoms. The standard InChI is InChI=1S/C20H26F3N7O2S/c1-13-26-18-12-30(33(31,32)29-5-3-28(2)4-6-29)11-17(18)19(27-13)25-10-14-7-15(20(21,22)23)9-16(24)8-14/h7-9H,3-6,10-12,24H2,1-2H3,(H,25,26,27). The summed E-state index contributed by atoms with van der Waals surface area (Å²) in [5.74, 6) is 0.850. The fourth-order valence-corrected chi connectivity index (χ4v) is 5.54. The van der Waals surface area contributed by atoms with E-state index in [4.69, 9.17) is 5.73 Å². The number of nitrogen functional groups attached to an aromatic ring is 1. The summed E-state index contributed by atoms with van der Waals surface area (Å²) in [5.41, 5.74) is 6.39. The number of rotatable bonds is 5. The topological polar surface area (TPSA) is 108 Å². The molecule has 33 heavy (non-hydrogen) atoms. The molecule has 0 amide bonds. The predicted octanol–water partition coefficient (Wildman–Crippen LogP) is 1.81. The van der Waals surface area contributed by atoms with Gasteiger partial charge in [-0.3, -0.25) is 0 Å². The number of nitrogens with two attached hydrogens (primary N) is 1. The highest BCUT2D eigenvalue weighted by atomic mass is 32.2. The van der Waals surface area contributed by atoms with Gasteiger partial charge >= 0.3 is 6.18 Å². The smallest absolute Gasteiger partial charge is 0.399 e. The Balaban J connectivity index is 1.53. The molecule has 1 saturated heterocycles. The van der Waals surface area contributed by atoms with Crippen LogP contribution < -0.4 is 11.1 Å². The van der Waals surface area contributed by atoms with Crippen molar-refractivity contribution in [1.82, 2.24) is 23.5 Å².